The largest absolute Gasteiger partial charge is 0.465 e. The lowest BCUT2D eigenvalue weighted by atomic mass is 10.0. The van der Waals surface area contributed by atoms with Crippen molar-refractivity contribution >= 4 is 11.7 Å². The molecule has 0 saturated carbocycles. The van der Waals surface area contributed by atoms with Gasteiger partial charge < -0.3 is 30.1 Å². The van der Waals surface area contributed by atoms with Gasteiger partial charge in [-0.05, 0) is 67.6 Å². The molecule has 0 bridgehead atoms. The summed E-state index contributed by atoms with van der Waals surface area (Å²) in [5.74, 6) is 0.869. The number of aliphatic hydroxyl groups is 1. The fourth-order valence-corrected chi connectivity index (χ4v) is 4.80. The number of hydrogen-bond donors (Lipinski definition) is 3. The molecule has 2 aromatic carbocycles. The van der Waals surface area contributed by atoms with E-state index in [4.69, 9.17) is 9.47 Å². The molecule has 1 fully saturated rings. The van der Waals surface area contributed by atoms with Gasteiger partial charge in [0.25, 0.3) is 0 Å². The predicted molar refractivity (Wildman–Crippen MR) is 144 cm³/mol. The minimum absolute atomic E-state index is 0.282. The van der Waals surface area contributed by atoms with E-state index < -0.39 is 12.1 Å². The standard InChI is InChI=1S/C30H33N3O4/c34-29(28-21-36-20-27(37-28)24-11-5-2-6-12-24)26(19-33-17-7-8-18-33)32-30(35)31-25-15-13-23(14-16-25)22-9-3-1-4-10-22/h1-5,9-11,13-16,20-21,26,29,34H,6-8,12,17-19H2,(H2,31,32,35)/t26-,29-/m1/s1. The number of carbonyl (C=O) groups excluding carboxylic acids is 1. The molecular weight excluding hydrogens is 466 g/mol. The van der Waals surface area contributed by atoms with Crippen LogP contribution >= 0.6 is 0 Å². The summed E-state index contributed by atoms with van der Waals surface area (Å²) < 4.78 is 11.6. The summed E-state index contributed by atoms with van der Waals surface area (Å²) in [7, 11) is 0. The van der Waals surface area contributed by atoms with Crippen molar-refractivity contribution in [3.8, 4) is 11.1 Å². The summed E-state index contributed by atoms with van der Waals surface area (Å²) in [6, 6.07) is 16.8. The Morgan fingerprint density at radius 3 is 2.49 bits per heavy atom. The van der Waals surface area contributed by atoms with Crippen LogP contribution in [-0.4, -0.2) is 47.8 Å². The van der Waals surface area contributed by atoms with Crippen LogP contribution in [0.1, 0.15) is 25.7 Å². The molecule has 1 aliphatic carbocycles. The van der Waals surface area contributed by atoms with E-state index in [-0.39, 0.29) is 11.8 Å². The predicted octanol–water partition coefficient (Wildman–Crippen LogP) is 5.31. The summed E-state index contributed by atoms with van der Waals surface area (Å²) in [4.78, 5) is 15.2. The molecule has 2 aliphatic heterocycles. The quantitative estimate of drug-likeness (QED) is 0.459. The van der Waals surface area contributed by atoms with Crippen LogP contribution in [0.2, 0.25) is 0 Å². The van der Waals surface area contributed by atoms with E-state index in [1.165, 1.54) is 6.26 Å². The van der Waals surface area contributed by atoms with Gasteiger partial charge in [-0.2, -0.15) is 0 Å². The average Bonchev–Trinajstić information content (AvgIpc) is 3.47. The lowest BCUT2D eigenvalue weighted by Gasteiger charge is -2.30. The molecule has 2 atom stereocenters. The third kappa shape index (κ3) is 6.50. The van der Waals surface area contributed by atoms with Crippen molar-refractivity contribution in [3.63, 3.8) is 0 Å². The van der Waals surface area contributed by atoms with Crippen LogP contribution in [0.4, 0.5) is 10.5 Å². The highest BCUT2D eigenvalue weighted by Crippen LogP contribution is 2.28. The highest BCUT2D eigenvalue weighted by Gasteiger charge is 2.31. The maximum atomic E-state index is 13.0. The van der Waals surface area contributed by atoms with Gasteiger partial charge in [0.05, 0.1) is 6.04 Å². The minimum atomic E-state index is -1.07. The Morgan fingerprint density at radius 1 is 1.00 bits per heavy atom. The molecule has 3 N–H and O–H groups in total. The molecule has 7 heteroatoms. The Hall–Kier alpha value is -3.81. The Balaban J connectivity index is 1.24. The van der Waals surface area contributed by atoms with E-state index in [2.05, 4.69) is 21.6 Å². The first kappa shape index (κ1) is 24.9. The van der Waals surface area contributed by atoms with Crippen LogP contribution in [0.25, 0.3) is 11.1 Å². The molecule has 0 radical (unpaired) electrons. The monoisotopic (exact) mass is 499 g/mol. The third-order valence-corrected chi connectivity index (χ3v) is 6.81. The van der Waals surface area contributed by atoms with E-state index in [0.717, 1.165) is 55.5 Å². The number of likely N-dealkylation sites (tertiary alicyclic amines) is 1. The molecule has 3 aliphatic rings. The second kappa shape index (κ2) is 12.0. The van der Waals surface area contributed by atoms with Crippen LogP contribution in [0, 0.1) is 0 Å². The lowest BCUT2D eigenvalue weighted by molar-refractivity contribution is 0.0750. The molecule has 2 heterocycles. The summed E-state index contributed by atoms with van der Waals surface area (Å²) in [5, 5.41) is 17.1. The van der Waals surface area contributed by atoms with E-state index >= 15 is 0 Å². The summed E-state index contributed by atoms with van der Waals surface area (Å²) in [6.45, 7) is 2.38. The number of amides is 2. The molecule has 0 aromatic heterocycles. The third-order valence-electron chi connectivity index (χ3n) is 6.81. The summed E-state index contributed by atoms with van der Waals surface area (Å²) in [6.07, 6.45) is 12.0. The van der Waals surface area contributed by atoms with Crippen LogP contribution in [0.5, 0.6) is 0 Å². The van der Waals surface area contributed by atoms with Crippen molar-refractivity contribution < 1.29 is 19.4 Å². The number of aliphatic hydroxyl groups excluding tert-OH is 1. The van der Waals surface area contributed by atoms with Gasteiger partial charge in [-0.1, -0.05) is 60.7 Å². The maximum absolute atomic E-state index is 13.0. The van der Waals surface area contributed by atoms with Gasteiger partial charge in [-0.15, -0.1) is 0 Å². The second-order valence-electron chi connectivity index (χ2n) is 9.50. The van der Waals surface area contributed by atoms with E-state index in [0.29, 0.717) is 18.0 Å². The number of hydrogen-bond acceptors (Lipinski definition) is 5. The first-order valence-corrected chi connectivity index (χ1v) is 12.9. The zero-order valence-electron chi connectivity index (χ0n) is 20.8. The van der Waals surface area contributed by atoms with Gasteiger partial charge in [-0.25, -0.2) is 4.79 Å². The number of rotatable bonds is 8. The Labute approximate surface area is 217 Å². The van der Waals surface area contributed by atoms with E-state index in [1.807, 2.05) is 66.7 Å². The number of carbonyl (C=O) groups is 1. The highest BCUT2D eigenvalue weighted by atomic mass is 16.6. The number of ether oxygens (including phenoxy) is 2. The zero-order chi connectivity index (χ0) is 25.5. The van der Waals surface area contributed by atoms with Crippen molar-refractivity contribution in [2.24, 2.45) is 0 Å². The molecule has 2 aromatic rings. The SMILES string of the molecule is O=C(Nc1ccc(-c2ccccc2)cc1)N[C@H](CN1CCCC1)[C@@H](O)C1=COC=C(C2=CC=CCC2)O1. The van der Waals surface area contributed by atoms with Crippen LogP contribution in [0.3, 0.4) is 0 Å². The van der Waals surface area contributed by atoms with Gasteiger partial charge >= 0.3 is 6.03 Å². The number of anilines is 1. The molecule has 2 amide bonds. The van der Waals surface area contributed by atoms with Crippen molar-refractivity contribution in [3.05, 3.63) is 102 Å². The normalized spacial score (nSPS) is 19.0. The summed E-state index contributed by atoms with van der Waals surface area (Å²) in [5.41, 5.74) is 3.87. The second-order valence-corrected chi connectivity index (χ2v) is 9.50. The smallest absolute Gasteiger partial charge is 0.319 e. The van der Waals surface area contributed by atoms with Crippen molar-refractivity contribution in [1.29, 1.82) is 0 Å². The number of benzene rings is 2. The average molecular weight is 500 g/mol. The van der Waals surface area contributed by atoms with Crippen molar-refractivity contribution in [2.45, 2.75) is 37.8 Å². The first-order valence-electron chi connectivity index (χ1n) is 12.9. The number of nitrogens with zero attached hydrogens (tertiary/aromatic N) is 1. The molecular formula is C30H33N3O4. The maximum Gasteiger partial charge on any atom is 0.319 e. The highest BCUT2D eigenvalue weighted by molar-refractivity contribution is 5.89. The van der Waals surface area contributed by atoms with Gasteiger partial charge in [0.15, 0.2) is 11.5 Å². The molecule has 1 saturated heterocycles. The van der Waals surface area contributed by atoms with E-state index in [9.17, 15) is 9.90 Å². The Kier molecular flexibility index (Phi) is 8.03. The minimum Gasteiger partial charge on any atom is -0.465 e. The van der Waals surface area contributed by atoms with E-state index in [1.54, 1.807) is 6.26 Å². The molecule has 5 rings (SSSR count). The van der Waals surface area contributed by atoms with Gasteiger partial charge in [0.2, 0.25) is 0 Å². The first-order chi connectivity index (χ1) is 18.2. The molecule has 7 nitrogen and oxygen atoms in total. The number of allylic oxidation sites excluding steroid dienone is 4. The topological polar surface area (TPSA) is 83.1 Å². The van der Waals surface area contributed by atoms with Crippen LogP contribution in [0.15, 0.2) is 102 Å². The van der Waals surface area contributed by atoms with Gasteiger partial charge in [-0.3, -0.25) is 0 Å². The molecule has 0 unspecified atom stereocenters. The zero-order valence-corrected chi connectivity index (χ0v) is 20.8. The van der Waals surface area contributed by atoms with Crippen LogP contribution < -0.4 is 10.6 Å². The Bertz CT molecular complexity index is 1200. The number of urea groups is 1. The molecule has 0 spiro atoms. The van der Waals surface area contributed by atoms with Crippen molar-refractivity contribution in [1.82, 2.24) is 10.2 Å². The fraction of sp³-hybridized carbons (Fsp3) is 0.300. The number of nitrogens with one attached hydrogen (secondary N) is 2. The Morgan fingerprint density at radius 2 is 1.76 bits per heavy atom. The summed E-state index contributed by atoms with van der Waals surface area (Å²) >= 11 is 0. The fourth-order valence-electron chi connectivity index (χ4n) is 4.80. The lowest BCUT2D eigenvalue weighted by Crippen LogP contribution is -2.52. The van der Waals surface area contributed by atoms with Crippen molar-refractivity contribution in [2.75, 3.05) is 25.0 Å². The van der Waals surface area contributed by atoms with Gasteiger partial charge in [0, 0.05) is 12.2 Å². The molecule has 192 valence electrons. The molecule has 37 heavy (non-hydrogen) atoms. The van der Waals surface area contributed by atoms with Gasteiger partial charge in [0.1, 0.15) is 18.6 Å². The van der Waals surface area contributed by atoms with Crippen LogP contribution in [-0.2, 0) is 9.47 Å².